The molecule has 0 aliphatic heterocycles. The van der Waals surface area contributed by atoms with Gasteiger partial charge in [0.25, 0.3) is 5.91 Å². The molecule has 0 saturated heterocycles. The largest absolute Gasteiger partial charge is 0.364 e. The third-order valence-corrected chi connectivity index (χ3v) is 2.90. The van der Waals surface area contributed by atoms with Gasteiger partial charge in [-0.15, -0.1) is 16.4 Å². The van der Waals surface area contributed by atoms with Crippen LogP contribution in [0.4, 0.5) is 0 Å². The second-order valence-electron chi connectivity index (χ2n) is 3.30. The zero-order chi connectivity index (χ0) is 11.5. The Balaban J connectivity index is 2.31. The quantitative estimate of drug-likeness (QED) is 0.856. The Morgan fingerprint density at radius 3 is 3.00 bits per heavy atom. The van der Waals surface area contributed by atoms with E-state index in [0.717, 1.165) is 16.3 Å². The maximum absolute atomic E-state index is 11.1. The Bertz CT molecular complexity index is 523. The topological polar surface area (TPSA) is 81.8 Å². The number of aryl methyl sites for hydroxylation is 1. The van der Waals surface area contributed by atoms with Gasteiger partial charge in [0.2, 0.25) is 0 Å². The average molecular weight is 234 g/mol. The molecule has 0 spiro atoms. The highest BCUT2D eigenvalue weighted by Crippen LogP contribution is 2.14. The van der Waals surface area contributed by atoms with Gasteiger partial charge in [-0.2, -0.15) is 5.10 Å². The number of carbonyl (C=O) groups excluding carboxylic acids is 1. The summed E-state index contributed by atoms with van der Waals surface area (Å²) in [4.78, 5) is 15.4. The van der Waals surface area contributed by atoms with Crippen LogP contribution in [0.5, 0.6) is 0 Å². The first-order chi connectivity index (χ1) is 7.66. The van der Waals surface area contributed by atoms with Crippen molar-refractivity contribution in [2.75, 3.05) is 0 Å². The number of primary amides is 1. The van der Waals surface area contributed by atoms with E-state index in [4.69, 9.17) is 5.73 Å². The van der Waals surface area contributed by atoms with Crippen molar-refractivity contribution in [3.05, 3.63) is 39.6 Å². The molecule has 82 valence electrons. The predicted molar refractivity (Wildman–Crippen MR) is 60.2 cm³/mol. The van der Waals surface area contributed by atoms with E-state index >= 15 is 0 Å². The van der Waals surface area contributed by atoms with Crippen LogP contribution < -0.4 is 5.73 Å². The molecule has 0 aromatic carbocycles. The predicted octanol–water partition coefficient (Wildman–Crippen LogP) is 0.931. The first kappa shape index (κ1) is 10.7. The summed E-state index contributed by atoms with van der Waals surface area (Å²) >= 11 is 1.57. The van der Waals surface area contributed by atoms with Gasteiger partial charge in [-0.1, -0.05) is 0 Å². The minimum Gasteiger partial charge on any atom is -0.364 e. The van der Waals surface area contributed by atoms with Gasteiger partial charge in [0, 0.05) is 18.0 Å². The van der Waals surface area contributed by atoms with Gasteiger partial charge in [0.1, 0.15) is 0 Å². The summed E-state index contributed by atoms with van der Waals surface area (Å²) in [6, 6.07) is 1.74. The summed E-state index contributed by atoms with van der Waals surface area (Å²) in [6.07, 6.45) is 2.10. The molecule has 0 radical (unpaired) electrons. The number of carbonyl (C=O) groups is 1. The Morgan fingerprint density at radius 1 is 1.56 bits per heavy atom. The van der Waals surface area contributed by atoms with Crippen LogP contribution in [0.3, 0.4) is 0 Å². The molecule has 2 aromatic heterocycles. The van der Waals surface area contributed by atoms with Gasteiger partial charge in [0.15, 0.2) is 5.69 Å². The molecule has 1 amide bonds. The van der Waals surface area contributed by atoms with Crippen LogP contribution in [0.15, 0.2) is 17.6 Å². The fourth-order valence-corrected chi connectivity index (χ4v) is 2.00. The molecular weight excluding hydrogens is 224 g/mol. The van der Waals surface area contributed by atoms with E-state index in [2.05, 4.69) is 15.2 Å². The second kappa shape index (κ2) is 4.36. The van der Waals surface area contributed by atoms with E-state index < -0.39 is 5.91 Å². The highest BCUT2D eigenvalue weighted by molar-refractivity contribution is 7.09. The summed E-state index contributed by atoms with van der Waals surface area (Å²) in [5, 5.41) is 10.3. The summed E-state index contributed by atoms with van der Waals surface area (Å²) in [5.74, 6) is -0.560. The molecule has 5 nitrogen and oxygen atoms in total. The second-order valence-corrected chi connectivity index (χ2v) is 4.37. The fraction of sp³-hybridized carbons (Fsp3) is 0.200. The van der Waals surface area contributed by atoms with Gasteiger partial charge >= 0.3 is 0 Å². The van der Waals surface area contributed by atoms with E-state index in [1.165, 1.54) is 0 Å². The number of hydrogen-bond acceptors (Lipinski definition) is 5. The van der Waals surface area contributed by atoms with E-state index in [9.17, 15) is 4.79 Å². The van der Waals surface area contributed by atoms with Crippen molar-refractivity contribution in [1.82, 2.24) is 15.2 Å². The van der Waals surface area contributed by atoms with Gasteiger partial charge in [-0.25, -0.2) is 4.98 Å². The van der Waals surface area contributed by atoms with Crippen molar-refractivity contribution in [2.45, 2.75) is 13.3 Å². The van der Waals surface area contributed by atoms with Crippen LogP contribution in [0.1, 0.15) is 26.8 Å². The molecular formula is C10H10N4OS. The van der Waals surface area contributed by atoms with Gasteiger partial charge in [-0.05, 0) is 18.6 Å². The van der Waals surface area contributed by atoms with Crippen LogP contribution >= 0.6 is 11.3 Å². The van der Waals surface area contributed by atoms with Crippen LogP contribution in [-0.2, 0) is 6.42 Å². The minimum atomic E-state index is -0.560. The molecule has 0 atom stereocenters. The fourth-order valence-electron chi connectivity index (χ4n) is 1.39. The van der Waals surface area contributed by atoms with Crippen molar-refractivity contribution in [2.24, 2.45) is 5.73 Å². The smallest absolute Gasteiger partial charge is 0.269 e. The number of amides is 1. The highest BCUT2D eigenvalue weighted by Gasteiger charge is 2.11. The first-order valence-corrected chi connectivity index (χ1v) is 5.56. The monoisotopic (exact) mass is 234 g/mol. The molecule has 2 rings (SSSR count). The summed E-state index contributed by atoms with van der Waals surface area (Å²) in [7, 11) is 0. The Hall–Kier alpha value is -1.82. The Kier molecular flexibility index (Phi) is 2.91. The number of rotatable bonds is 3. The minimum absolute atomic E-state index is 0.216. The Morgan fingerprint density at radius 2 is 2.38 bits per heavy atom. The van der Waals surface area contributed by atoms with Crippen molar-refractivity contribution in [3.8, 4) is 0 Å². The maximum Gasteiger partial charge on any atom is 0.269 e. The molecule has 0 aliphatic rings. The molecule has 0 fully saturated rings. The number of hydrogen-bond donors (Lipinski definition) is 1. The molecule has 0 saturated carbocycles. The van der Waals surface area contributed by atoms with Crippen molar-refractivity contribution in [1.29, 1.82) is 0 Å². The lowest BCUT2D eigenvalue weighted by molar-refractivity contribution is 0.0993. The normalized spacial score (nSPS) is 10.3. The summed E-state index contributed by atoms with van der Waals surface area (Å²) in [6.45, 7) is 1.94. The zero-order valence-electron chi connectivity index (χ0n) is 8.67. The lowest BCUT2D eigenvalue weighted by Crippen LogP contribution is -2.16. The number of thiazole rings is 1. The first-order valence-electron chi connectivity index (χ1n) is 4.68. The van der Waals surface area contributed by atoms with Gasteiger partial charge in [-0.3, -0.25) is 4.79 Å². The standard InChI is InChI=1S/C10H10N4OS/c1-6-13-8(5-16-6)4-7-2-3-12-14-9(7)10(11)15/h2-3,5H,4H2,1H3,(H2,11,15). The SMILES string of the molecule is Cc1nc(Cc2ccnnc2C(N)=O)cs1. The molecule has 0 aliphatic carbocycles. The van der Waals surface area contributed by atoms with E-state index in [-0.39, 0.29) is 5.69 Å². The van der Waals surface area contributed by atoms with Crippen LogP contribution in [0.25, 0.3) is 0 Å². The number of nitrogens with two attached hydrogens (primary N) is 1. The third-order valence-electron chi connectivity index (χ3n) is 2.08. The molecule has 2 N–H and O–H groups in total. The summed E-state index contributed by atoms with van der Waals surface area (Å²) < 4.78 is 0. The van der Waals surface area contributed by atoms with Crippen molar-refractivity contribution < 1.29 is 4.79 Å². The number of nitrogens with zero attached hydrogens (tertiary/aromatic N) is 3. The molecule has 6 heteroatoms. The molecule has 16 heavy (non-hydrogen) atoms. The van der Waals surface area contributed by atoms with Crippen LogP contribution in [0, 0.1) is 6.92 Å². The van der Waals surface area contributed by atoms with Crippen molar-refractivity contribution >= 4 is 17.2 Å². The lowest BCUT2D eigenvalue weighted by Gasteiger charge is -2.01. The lowest BCUT2D eigenvalue weighted by atomic mass is 10.1. The average Bonchev–Trinajstić information content (AvgIpc) is 2.64. The number of aromatic nitrogens is 3. The molecule has 0 unspecified atom stereocenters. The maximum atomic E-state index is 11.1. The van der Waals surface area contributed by atoms with Crippen LogP contribution in [0.2, 0.25) is 0 Å². The zero-order valence-corrected chi connectivity index (χ0v) is 9.49. The Labute approximate surface area is 96.4 Å². The molecule has 2 heterocycles. The third kappa shape index (κ3) is 2.22. The van der Waals surface area contributed by atoms with E-state index in [1.807, 2.05) is 12.3 Å². The van der Waals surface area contributed by atoms with Crippen LogP contribution in [-0.4, -0.2) is 21.1 Å². The van der Waals surface area contributed by atoms with E-state index in [1.54, 1.807) is 23.6 Å². The molecule has 0 bridgehead atoms. The van der Waals surface area contributed by atoms with E-state index in [0.29, 0.717) is 6.42 Å². The molecule has 2 aromatic rings. The van der Waals surface area contributed by atoms with Gasteiger partial charge < -0.3 is 5.73 Å². The van der Waals surface area contributed by atoms with Crippen molar-refractivity contribution in [3.63, 3.8) is 0 Å². The van der Waals surface area contributed by atoms with Gasteiger partial charge in [0.05, 0.1) is 10.7 Å². The summed E-state index contributed by atoms with van der Waals surface area (Å²) in [5.41, 5.74) is 7.10. The highest BCUT2D eigenvalue weighted by atomic mass is 32.1.